The van der Waals surface area contributed by atoms with Gasteiger partial charge in [-0.3, -0.25) is 14.6 Å². The van der Waals surface area contributed by atoms with E-state index < -0.39 is 0 Å². The van der Waals surface area contributed by atoms with Crippen molar-refractivity contribution < 1.29 is 14.7 Å². The fraction of sp³-hybridized carbons (Fsp3) is 0.419. The predicted molar refractivity (Wildman–Crippen MR) is 149 cm³/mol. The number of piperazine rings is 1. The number of fused-ring (bicyclic) bond motifs is 1. The second-order valence-electron chi connectivity index (χ2n) is 11.0. The lowest BCUT2D eigenvalue weighted by Crippen LogP contribution is -2.47. The van der Waals surface area contributed by atoms with Crippen LogP contribution in [0.1, 0.15) is 53.3 Å². The Morgan fingerprint density at radius 2 is 1.77 bits per heavy atom. The fourth-order valence-electron chi connectivity index (χ4n) is 5.81. The molecule has 202 valence electrons. The molecule has 8 nitrogen and oxygen atoms in total. The highest BCUT2D eigenvalue weighted by molar-refractivity contribution is 5.94. The Bertz CT molecular complexity index is 1370. The van der Waals surface area contributed by atoms with E-state index in [-0.39, 0.29) is 24.5 Å². The molecule has 4 heterocycles. The van der Waals surface area contributed by atoms with Crippen molar-refractivity contribution in [3.8, 4) is 22.4 Å². The quantitative estimate of drug-likeness (QED) is 0.505. The van der Waals surface area contributed by atoms with Crippen molar-refractivity contribution in [3.05, 3.63) is 71.7 Å². The van der Waals surface area contributed by atoms with Crippen molar-refractivity contribution in [1.82, 2.24) is 24.7 Å². The van der Waals surface area contributed by atoms with Crippen molar-refractivity contribution in [2.75, 3.05) is 39.8 Å². The van der Waals surface area contributed by atoms with E-state index in [1.165, 1.54) is 0 Å². The maximum Gasteiger partial charge on any atom is 0.272 e. The third-order valence-electron chi connectivity index (χ3n) is 8.22. The molecular weight excluding hydrogens is 490 g/mol. The minimum atomic E-state index is -0.270. The molecule has 8 heteroatoms. The summed E-state index contributed by atoms with van der Waals surface area (Å²) in [5.41, 5.74) is 5.92. The average Bonchev–Trinajstić information content (AvgIpc) is 3.71. The summed E-state index contributed by atoms with van der Waals surface area (Å²) in [4.78, 5) is 42.3. The largest absolute Gasteiger partial charge is 0.396 e. The first-order valence-corrected chi connectivity index (χ1v) is 13.9. The maximum absolute atomic E-state index is 13.7. The van der Waals surface area contributed by atoms with Crippen molar-refractivity contribution >= 4 is 11.8 Å². The molecule has 39 heavy (non-hydrogen) atoms. The molecule has 2 fully saturated rings. The molecule has 1 atom stereocenters. The molecule has 3 aromatic rings. The molecule has 1 saturated heterocycles. The van der Waals surface area contributed by atoms with E-state index in [2.05, 4.69) is 23.0 Å². The molecule has 1 aliphatic carbocycles. The number of benzene rings is 1. The smallest absolute Gasteiger partial charge is 0.272 e. The van der Waals surface area contributed by atoms with Gasteiger partial charge in [0, 0.05) is 74.8 Å². The molecule has 2 amide bonds. The number of amides is 2. The first-order chi connectivity index (χ1) is 19.0. The topological polar surface area (TPSA) is 89.9 Å². The molecular formula is C31H35N5O3. The van der Waals surface area contributed by atoms with Gasteiger partial charge in [0.1, 0.15) is 5.69 Å². The van der Waals surface area contributed by atoms with Crippen LogP contribution in [0.5, 0.6) is 0 Å². The summed E-state index contributed by atoms with van der Waals surface area (Å²) in [6.45, 7) is 3.40. The summed E-state index contributed by atoms with van der Waals surface area (Å²) in [5.74, 6) is 0.519. The Balaban J connectivity index is 1.44. The van der Waals surface area contributed by atoms with Gasteiger partial charge in [-0.2, -0.15) is 0 Å². The van der Waals surface area contributed by atoms with Crippen LogP contribution in [-0.2, 0) is 11.3 Å². The highest BCUT2D eigenvalue weighted by Crippen LogP contribution is 2.44. The fourth-order valence-corrected chi connectivity index (χ4v) is 5.81. The van der Waals surface area contributed by atoms with Crippen LogP contribution in [0, 0.1) is 5.92 Å². The molecule has 1 N–H and O–H groups in total. The van der Waals surface area contributed by atoms with Gasteiger partial charge in [0.15, 0.2) is 0 Å². The molecule has 2 aliphatic heterocycles. The van der Waals surface area contributed by atoms with Gasteiger partial charge in [-0.15, -0.1) is 0 Å². The minimum Gasteiger partial charge on any atom is -0.396 e. The lowest BCUT2D eigenvalue weighted by molar-refractivity contribution is -0.134. The Hall–Kier alpha value is -3.62. The van der Waals surface area contributed by atoms with Gasteiger partial charge < -0.3 is 19.8 Å². The number of aliphatic hydroxyl groups is 1. The van der Waals surface area contributed by atoms with Gasteiger partial charge in [-0.05, 0) is 61.6 Å². The SMILES string of the molecule is CN1CCN(C(=O)c2cc3c(c(-c4cccc(-c5cccnc5)c4)n2)[C@@H](CCO)N(C(=O)CC2CC2)C3)CC1. The summed E-state index contributed by atoms with van der Waals surface area (Å²) in [6.07, 6.45) is 6.77. The second-order valence-corrected chi connectivity index (χ2v) is 11.0. The number of aliphatic hydroxyl groups excluding tert-OH is 1. The standard InChI is InChI=1S/C31H35N5O3/c1-34-11-13-35(14-12-34)31(39)26-18-25-20-36(28(38)16-21-7-8-21)27(9-15-37)29(25)30(33-26)23-5-2-4-22(17-23)24-6-3-10-32-19-24/h2-6,10,17-19,21,27,37H,7-9,11-16,20H2,1H3/t27-/m1/s1. The third-order valence-corrected chi connectivity index (χ3v) is 8.22. The summed E-state index contributed by atoms with van der Waals surface area (Å²) in [6, 6.07) is 13.7. The van der Waals surface area contributed by atoms with E-state index in [1.807, 2.05) is 52.4 Å². The van der Waals surface area contributed by atoms with Gasteiger partial charge in [-0.25, -0.2) is 4.98 Å². The monoisotopic (exact) mass is 525 g/mol. The van der Waals surface area contributed by atoms with Crippen LogP contribution in [0.15, 0.2) is 54.9 Å². The highest BCUT2D eigenvalue weighted by atomic mass is 16.3. The van der Waals surface area contributed by atoms with E-state index >= 15 is 0 Å². The number of likely N-dealkylation sites (N-methyl/N-ethyl adjacent to an activating group) is 1. The number of hydrogen-bond acceptors (Lipinski definition) is 6. The van der Waals surface area contributed by atoms with Crippen molar-refractivity contribution in [3.63, 3.8) is 0 Å². The molecule has 1 saturated carbocycles. The summed E-state index contributed by atoms with van der Waals surface area (Å²) < 4.78 is 0. The van der Waals surface area contributed by atoms with Gasteiger partial charge in [-0.1, -0.05) is 24.3 Å². The Morgan fingerprint density at radius 3 is 2.49 bits per heavy atom. The van der Waals surface area contributed by atoms with Gasteiger partial charge in [0.05, 0.1) is 11.7 Å². The van der Waals surface area contributed by atoms with Crippen LogP contribution in [0.4, 0.5) is 0 Å². The van der Waals surface area contributed by atoms with Crippen molar-refractivity contribution in [2.24, 2.45) is 5.92 Å². The minimum absolute atomic E-state index is 0.0333. The average molecular weight is 526 g/mol. The number of carbonyl (C=O) groups excluding carboxylic acids is 2. The third kappa shape index (κ3) is 5.31. The van der Waals surface area contributed by atoms with Crippen LogP contribution < -0.4 is 0 Å². The zero-order valence-electron chi connectivity index (χ0n) is 22.4. The van der Waals surface area contributed by atoms with E-state index in [1.54, 1.807) is 6.20 Å². The molecule has 3 aliphatic rings. The number of pyridine rings is 2. The number of rotatable bonds is 7. The van der Waals surface area contributed by atoms with E-state index in [0.717, 1.165) is 59.4 Å². The predicted octanol–water partition coefficient (Wildman–Crippen LogP) is 3.76. The maximum atomic E-state index is 13.7. The molecule has 0 spiro atoms. The van der Waals surface area contributed by atoms with Gasteiger partial charge in [0.2, 0.25) is 5.91 Å². The zero-order valence-corrected chi connectivity index (χ0v) is 22.4. The number of carbonyl (C=O) groups is 2. The van der Waals surface area contributed by atoms with Crippen LogP contribution in [0.3, 0.4) is 0 Å². The van der Waals surface area contributed by atoms with E-state index in [0.29, 0.717) is 44.1 Å². The van der Waals surface area contributed by atoms with Gasteiger partial charge >= 0.3 is 0 Å². The lowest BCUT2D eigenvalue weighted by Gasteiger charge is -2.32. The molecule has 6 rings (SSSR count). The van der Waals surface area contributed by atoms with Crippen LogP contribution >= 0.6 is 0 Å². The number of aromatic nitrogens is 2. The first kappa shape index (κ1) is 25.6. The Kier molecular flexibility index (Phi) is 7.14. The van der Waals surface area contributed by atoms with Gasteiger partial charge in [0.25, 0.3) is 5.91 Å². The van der Waals surface area contributed by atoms with E-state index in [9.17, 15) is 14.7 Å². The Morgan fingerprint density at radius 1 is 1.00 bits per heavy atom. The van der Waals surface area contributed by atoms with Crippen LogP contribution in [0.25, 0.3) is 22.4 Å². The molecule has 0 radical (unpaired) electrons. The number of hydrogen-bond donors (Lipinski definition) is 1. The van der Waals surface area contributed by atoms with Crippen LogP contribution in [0.2, 0.25) is 0 Å². The van der Waals surface area contributed by atoms with E-state index in [4.69, 9.17) is 4.98 Å². The summed E-state index contributed by atoms with van der Waals surface area (Å²) >= 11 is 0. The second kappa shape index (κ2) is 10.9. The number of nitrogens with zero attached hydrogens (tertiary/aromatic N) is 5. The molecule has 1 aromatic carbocycles. The van der Waals surface area contributed by atoms with Crippen LogP contribution in [-0.4, -0.2) is 81.4 Å². The van der Waals surface area contributed by atoms with Crippen molar-refractivity contribution in [1.29, 1.82) is 0 Å². The molecule has 0 bridgehead atoms. The normalized spacial score (nSPS) is 19.3. The lowest BCUT2D eigenvalue weighted by atomic mass is 9.94. The summed E-state index contributed by atoms with van der Waals surface area (Å²) in [5, 5.41) is 10.0. The van der Waals surface area contributed by atoms with Crippen molar-refractivity contribution in [2.45, 2.75) is 38.3 Å². The first-order valence-electron chi connectivity index (χ1n) is 13.9. The highest BCUT2D eigenvalue weighted by Gasteiger charge is 2.39. The molecule has 0 unspecified atom stereocenters. The Labute approximate surface area is 229 Å². The zero-order chi connectivity index (χ0) is 26.9. The molecule has 2 aromatic heterocycles. The summed E-state index contributed by atoms with van der Waals surface area (Å²) in [7, 11) is 2.07.